The Morgan fingerprint density at radius 1 is 1.13 bits per heavy atom. The van der Waals surface area contributed by atoms with E-state index >= 15 is 0 Å². The summed E-state index contributed by atoms with van der Waals surface area (Å²) in [6.07, 6.45) is 4.41. The molecule has 0 amide bonds. The first-order chi connectivity index (χ1) is 15.2. The van der Waals surface area contributed by atoms with Crippen LogP contribution in [0.1, 0.15) is 29.0 Å². The van der Waals surface area contributed by atoms with Crippen LogP contribution in [0, 0.1) is 0 Å². The lowest BCUT2D eigenvalue weighted by molar-refractivity contribution is 0.355. The molecule has 5 rings (SSSR count). The van der Waals surface area contributed by atoms with Crippen LogP contribution in [-0.2, 0) is 18.6 Å². The highest BCUT2D eigenvalue weighted by Crippen LogP contribution is 2.36. The third kappa shape index (κ3) is 3.97. The molecule has 0 saturated heterocycles. The minimum absolute atomic E-state index is 0.0174. The highest BCUT2D eigenvalue weighted by molar-refractivity contribution is 7.98. The molecule has 1 N–H and O–H groups in total. The predicted molar refractivity (Wildman–Crippen MR) is 127 cm³/mol. The summed E-state index contributed by atoms with van der Waals surface area (Å²) >= 11 is 4.77. The molecule has 160 valence electrons. The lowest BCUT2D eigenvalue weighted by Gasteiger charge is -2.09. The Morgan fingerprint density at radius 3 is 2.81 bits per heavy atom. The molecule has 0 fully saturated rings. The quantitative estimate of drug-likeness (QED) is 0.304. The number of aromatic nitrogens is 3. The second-order valence-corrected chi connectivity index (χ2v) is 10.2. The lowest BCUT2D eigenvalue weighted by atomic mass is 9.97. The second-order valence-electron chi connectivity index (χ2n) is 7.26. The third-order valence-electron chi connectivity index (χ3n) is 5.34. The van der Waals surface area contributed by atoms with Gasteiger partial charge in [-0.05, 0) is 49.4 Å². The van der Waals surface area contributed by atoms with Gasteiger partial charge in [0.15, 0.2) is 16.7 Å². The molecule has 6 nitrogen and oxygen atoms in total. The van der Waals surface area contributed by atoms with Crippen LogP contribution in [0.2, 0.25) is 0 Å². The highest BCUT2D eigenvalue weighted by atomic mass is 32.2. The van der Waals surface area contributed by atoms with Crippen molar-refractivity contribution >= 4 is 44.7 Å². The van der Waals surface area contributed by atoms with Crippen LogP contribution in [0.4, 0.5) is 0 Å². The number of nitrogens with one attached hydrogen (secondary N) is 1. The Morgan fingerprint density at radius 2 is 1.97 bits per heavy atom. The summed E-state index contributed by atoms with van der Waals surface area (Å²) in [5.74, 6) is 2.02. The molecule has 0 bridgehead atoms. The van der Waals surface area contributed by atoms with Crippen LogP contribution in [0.25, 0.3) is 20.8 Å². The first-order valence-electron chi connectivity index (χ1n) is 10.0. The number of ether oxygens (including phenoxy) is 2. The van der Waals surface area contributed by atoms with Crippen molar-refractivity contribution < 1.29 is 9.47 Å². The van der Waals surface area contributed by atoms with Gasteiger partial charge in [0.1, 0.15) is 9.84 Å². The van der Waals surface area contributed by atoms with Gasteiger partial charge in [-0.15, -0.1) is 22.7 Å². The van der Waals surface area contributed by atoms with Crippen molar-refractivity contribution in [1.29, 1.82) is 0 Å². The zero-order valence-electron chi connectivity index (χ0n) is 17.2. The predicted octanol–water partition coefficient (Wildman–Crippen LogP) is 5.30. The number of thiazole rings is 1. The first-order valence-corrected chi connectivity index (χ1v) is 12.7. The molecule has 0 atom stereocenters. The van der Waals surface area contributed by atoms with Crippen LogP contribution in [-0.4, -0.2) is 29.2 Å². The van der Waals surface area contributed by atoms with E-state index in [1.807, 2.05) is 23.6 Å². The third-order valence-corrected chi connectivity index (χ3v) is 8.38. The Balaban J connectivity index is 1.35. The fourth-order valence-corrected chi connectivity index (χ4v) is 6.83. The molecule has 1 aliphatic rings. The topological polar surface area (TPSA) is 77.1 Å². The summed E-state index contributed by atoms with van der Waals surface area (Å²) in [7, 11) is 3.25. The Bertz CT molecular complexity index is 1310. The van der Waals surface area contributed by atoms with Gasteiger partial charge >= 0.3 is 0 Å². The Kier molecular flexibility index (Phi) is 5.73. The summed E-state index contributed by atoms with van der Waals surface area (Å²) in [6, 6.07) is 5.79. The fourth-order valence-electron chi connectivity index (χ4n) is 3.83. The van der Waals surface area contributed by atoms with Crippen molar-refractivity contribution in [3.8, 4) is 22.1 Å². The van der Waals surface area contributed by atoms with E-state index in [0.29, 0.717) is 22.4 Å². The minimum atomic E-state index is -0.0174. The second kappa shape index (κ2) is 8.64. The standard InChI is InChI=1S/C22H21N3O3S3/c1-27-15-8-7-12(9-16(15)28-2)20-23-13(10-29-20)11-30-22-24-19(26)18-14-5-3-4-6-17(14)31-21(18)25-22/h7-10H,3-6,11H2,1-2H3,(H,24,25,26). The van der Waals surface area contributed by atoms with Crippen molar-refractivity contribution in [3.05, 3.63) is 50.1 Å². The van der Waals surface area contributed by atoms with E-state index in [4.69, 9.17) is 19.4 Å². The summed E-state index contributed by atoms with van der Waals surface area (Å²) in [6.45, 7) is 0. The number of thiophene rings is 1. The maximum absolute atomic E-state index is 12.7. The maximum atomic E-state index is 12.7. The Labute approximate surface area is 191 Å². The van der Waals surface area contributed by atoms with E-state index in [9.17, 15) is 4.79 Å². The van der Waals surface area contributed by atoms with Gasteiger partial charge in [0, 0.05) is 21.6 Å². The van der Waals surface area contributed by atoms with Gasteiger partial charge < -0.3 is 14.5 Å². The van der Waals surface area contributed by atoms with Crippen LogP contribution >= 0.6 is 34.4 Å². The van der Waals surface area contributed by atoms with Crippen LogP contribution < -0.4 is 15.0 Å². The lowest BCUT2D eigenvalue weighted by Crippen LogP contribution is -2.10. The normalized spacial score (nSPS) is 13.4. The smallest absolute Gasteiger partial charge is 0.260 e. The number of rotatable bonds is 6. The molecule has 0 unspecified atom stereocenters. The fraction of sp³-hybridized carbons (Fsp3) is 0.318. The molecule has 0 spiro atoms. The van der Waals surface area contributed by atoms with Crippen molar-refractivity contribution in [1.82, 2.24) is 15.0 Å². The largest absolute Gasteiger partial charge is 0.493 e. The van der Waals surface area contributed by atoms with Crippen LogP contribution in [0.15, 0.2) is 33.5 Å². The number of benzene rings is 1. The van der Waals surface area contributed by atoms with Gasteiger partial charge in [-0.2, -0.15) is 0 Å². The number of aryl methyl sites for hydroxylation is 2. The summed E-state index contributed by atoms with van der Waals surface area (Å²) < 4.78 is 10.7. The van der Waals surface area contributed by atoms with Gasteiger partial charge in [0.25, 0.3) is 5.56 Å². The number of hydrogen-bond donors (Lipinski definition) is 1. The molecule has 0 aliphatic heterocycles. The SMILES string of the molecule is COc1ccc(-c2nc(CSc3nc4sc5c(c4c(=O)[nH]3)CCCC5)cs2)cc1OC. The van der Waals surface area contributed by atoms with Crippen molar-refractivity contribution in [2.24, 2.45) is 0 Å². The Hall–Kier alpha value is -2.36. The van der Waals surface area contributed by atoms with E-state index in [-0.39, 0.29) is 5.56 Å². The van der Waals surface area contributed by atoms with Gasteiger partial charge in [0.2, 0.25) is 0 Å². The molecule has 0 saturated carbocycles. The van der Waals surface area contributed by atoms with Gasteiger partial charge in [-0.3, -0.25) is 4.79 Å². The minimum Gasteiger partial charge on any atom is -0.493 e. The summed E-state index contributed by atoms with van der Waals surface area (Å²) in [5, 5.41) is 4.41. The highest BCUT2D eigenvalue weighted by Gasteiger charge is 2.20. The van der Waals surface area contributed by atoms with Crippen molar-refractivity contribution in [2.45, 2.75) is 36.6 Å². The molecule has 9 heteroatoms. The molecule has 1 aliphatic carbocycles. The average molecular weight is 472 g/mol. The number of hydrogen-bond acceptors (Lipinski definition) is 8. The van der Waals surface area contributed by atoms with E-state index in [1.165, 1.54) is 28.6 Å². The van der Waals surface area contributed by atoms with Crippen molar-refractivity contribution in [3.63, 3.8) is 0 Å². The maximum Gasteiger partial charge on any atom is 0.260 e. The zero-order chi connectivity index (χ0) is 21.4. The average Bonchev–Trinajstić information content (AvgIpc) is 3.42. The number of H-pyrrole nitrogens is 1. The molecular formula is C22H21N3O3S3. The number of methoxy groups -OCH3 is 2. The zero-order valence-corrected chi connectivity index (χ0v) is 19.6. The molecule has 3 aromatic heterocycles. The number of nitrogens with zero attached hydrogens (tertiary/aromatic N) is 2. The van der Waals surface area contributed by atoms with Crippen LogP contribution in [0.5, 0.6) is 11.5 Å². The monoisotopic (exact) mass is 471 g/mol. The number of aromatic amines is 1. The van der Waals surface area contributed by atoms with Gasteiger partial charge in [-0.25, -0.2) is 9.97 Å². The molecule has 31 heavy (non-hydrogen) atoms. The number of fused-ring (bicyclic) bond motifs is 3. The summed E-state index contributed by atoms with van der Waals surface area (Å²) in [5.41, 5.74) is 3.14. The molecule has 1 aromatic carbocycles. The van der Waals surface area contributed by atoms with Gasteiger partial charge in [-0.1, -0.05) is 11.8 Å². The molecule has 3 heterocycles. The van der Waals surface area contributed by atoms with Crippen molar-refractivity contribution in [2.75, 3.05) is 14.2 Å². The first kappa shape index (κ1) is 20.5. The number of thioether (sulfide) groups is 1. The molecular weight excluding hydrogens is 450 g/mol. The molecule has 0 radical (unpaired) electrons. The molecule has 4 aromatic rings. The van der Waals surface area contributed by atoms with E-state index in [1.54, 1.807) is 36.9 Å². The van der Waals surface area contributed by atoms with E-state index < -0.39 is 0 Å². The van der Waals surface area contributed by atoms with E-state index in [0.717, 1.165) is 45.7 Å². The summed E-state index contributed by atoms with van der Waals surface area (Å²) in [4.78, 5) is 27.4. The van der Waals surface area contributed by atoms with Crippen LogP contribution in [0.3, 0.4) is 0 Å². The van der Waals surface area contributed by atoms with Gasteiger partial charge in [0.05, 0.1) is 25.3 Å². The van der Waals surface area contributed by atoms with E-state index in [2.05, 4.69) is 4.98 Å².